The summed E-state index contributed by atoms with van der Waals surface area (Å²) in [5.74, 6) is 0. The minimum Gasteiger partial charge on any atom is -0.371 e. The van der Waals surface area contributed by atoms with E-state index in [1.54, 1.807) is 0 Å². The second-order valence-electron chi connectivity index (χ2n) is 6.92. The number of halogens is 1. The van der Waals surface area contributed by atoms with Crippen molar-refractivity contribution >= 4 is 21.6 Å². The largest absolute Gasteiger partial charge is 0.371 e. The van der Waals surface area contributed by atoms with Gasteiger partial charge in [0.1, 0.15) is 0 Å². The Morgan fingerprint density at radius 2 is 1.81 bits per heavy atom. The summed E-state index contributed by atoms with van der Waals surface area (Å²) in [6, 6.07) is 7.23. The van der Waals surface area contributed by atoms with E-state index in [1.807, 2.05) is 7.05 Å². The molecule has 1 unspecified atom stereocenters. The first-order chi connectivity index (χ1) is 10.1. The smallest absolute Gasteiger partial charge is 0.0510 e. The van der Waals surface area contributed by atoms with Gasteiger partial charge < -0.3 is 10.2 Å². The molecule has 0 radical (unpaired) electrons. The number of nitrogens with one attached hydrogen (secondary N) is 1. The highest BCUT2D eigenvalue weighted by atomic mass is 79.9. The molecule has 1 saturated carbocycles. The van der Waals surface area contributed by atoms with Crippen molar-refractivity contribution in [1.29, 1.82) is 0 Å². The first-order valence-electron chi connectivity index (χ1n) is 8.35. The summed E-state index contributed by atoms with van der Waals surface area (Å²) in [5, 5.41) is 3.31. The third-order valence-corrected chi connectivity index (χ3v) is 6.37. The maximum Gasteiger partial charge on any atom is 0.0510 e. The zero-order chi connectivity index (χ0) is 14.9. The van der Waals surface area contributed by atoms with Gasteiger partial charge in [-0.05, 0) is 78.7 Å². The van der Waals surface area contributed by atoms with Gasteiger partial charge in [0.05, 0.1) is 5.69 Å². The third-order valence-electron chi connectivity index (χ3n) is 5.73. The van der Waals surface area contributed by atoms with E-state index in [0.717, 1.165) is 0 Å². The molecule has 0 amide bonds. The van der Waals surface area contributed by atoms with Crippen LogP contribution in [-0.4, -0.2) is 20.1 Å². The van der Waals surface area contributed by atoms with Crippen molar-refractivity contribution < 1.29 is 0 Å². The molecule has 0 aromatic heterocycles. The molecular weight excluding hydrogens is 324 g/mol. The molecule has 116 valence electrons. The van der Waals surface area contributed by atoms with E-state index in [1.165, 1.54) is 67.3 Å². The Bertz CT molecular complexity index is 484. The zero-order valence-corrected chi connectivity index (χ0v) is 14.9. The van der Waals surface area contributed by atoms with Gasteiger partial charge in [0, 0.05) is 23.6 Å². The predicted octanol–water partition coefficient (Wildman–Crippen LogP) is 4.89. The van der Waals surface area contributed by atoms with Gasteiger partial charge in [-0.3, -0.25) is 0 Å². The van der Waals surface area contributed by atoms with Crippen LogP contribution in [0.15, 0.2) is 22.7 Å². The molecule has 1 aliphatic carbocycles. The second-order valence-corrected chi connectivity index (χ2v) is 7.77. The van der Waals surface area contributed by atoms with Gasteiger partial charge >= 0.3 is 0 Å². The van der Waals surface area contributed by atoms with E-state index in [4.69, 9.17) is 0 Å². The quantitative estimate of drug-likeness (QED) is 0.834. The van der Waals surface area contributed by atoms with Gasteiger partial charge in [0.25, 0.3) is 0 Å². The SMILES string of the molecule is CNC(C)c1ccc(N2CCC3(CCCC3)CC2)c(Br)c1. The Morgan fingerprint density at radius 1 is 1.14 bits per heavy atom. The molecule has 1 saturated heterocycles. The number of hydrogen-bond donors (Lipinski definition) is 1. The molecule has 2 fully saturated rings. The molecule has 21 heavy (non-hydrogen) atoms. The van der Waals surface area contributed by atoms with E-state index in [2.05, 4.69) is 51.3 Å². The lowest BCUT2D eigenvalue weighted by Crippen LogP contribution is -2.39. The molecule has 1 atom stereocenters. The van der Waals surface area contributed by atoms with Gasteiger partial charge in [-0.2, -0.15) is 0 Å². The molecular formula is C18H27BrN2. The van der Waals surface area contributed by atoms with Gasteiger partial charge in [0.2, 0.25) is 0 Å². The number of hydrogen-bond acceptors (Lipinski definition) is 2. The van der Waals surface area contributed by atoms with Gasteiger partial charge in [-0.1, -0.05) is 18.9 Å². The summed E-state index contributed by atoms with van der Waals surface area (Å²) >= 11 is 3.79. The van der Waals surface area contributed by atoms with Gasteiger partial charge in [-0.15, -0.1) is 0 Å². The molecule has 1 spiro atoms. The number of anilines is 1. The van der Waals surface area contributed by atoms with E-state index < -0.39 is 0 Å². The molecule has 3 heteroatoms. The van der Waals surface area contributed by atoms with Crippen molar-refractivity contribution in [3.05, 3.63) is 28.2 Å². The lowest BCUT2D eigenvalue weighted by Gasteiger charge is -2.41. The fraction of sp³-hybridized carbons (Fsp3) is 0.667. The normalized spacial score (nSPS) is 22.7. The molecule has 3 rings (SSSR count). The Balaban J connectivity index is 1.70. The maximum absolute atomic E-state index is 3.79. The van der Waals surface area contributed by atoms with Crippen LogP contribution in [0, 0.1) is 5.41 Å². The fourth-order valence-corrected chi connectivity index (χ4v) is 4.71. The summed E-state index contributed by atoms with van der Waals surface area (Å²) < 4.78 is 1.24. The third kappa shape index (κ3) is 3.14. The first-order valence-corrected chi connectivity index (χ1v) is 9.14. The lowest BCUT2D eigenvalue weighted by atomic mass is 9.77. The topological polar surface area (TPSA) is 15.3 Å². The van der Waals surface area contributed by atoms with Crippen molar-refractivity contribution in [3.63, 3.8) is 0 Å². The van der Waals surface area contributed by atoms with Crippen LogP contribution in [0.25, 0.3) is 0 Å². The number of nitrogens with zero attached hydrogens (tertiary/aromatic N) is 1. The second kappa shape index (κ2) is 6.29. The summed E-state index contributed by atoms with van der Waals surface area (Å²) in [6.07, 6.45) is 8.63. The van der Waals surface area contributed by atoms with Crippen LogP contribution >= 0.6 is 15.9 Å². The highest BCUT2D eigenvalue weighted by Crippen LogP contribution is 2.47. The van der Waals surface area contributed by atoms with Gasteiger partial charge in [-0.25, -0.2) is 0 Å². The highest BCUT2D eigenvalue weighted by Gasteiger charge is 2.37. The van der Waals surface area contributed by atoms with Crippen LogP contribution in [0.2, 0.25) is 0 Å². The van der Waals surface area contributed by atoms with Crippen LogP contribution in [0.3, 0.4) is 0 Å². The predicted molar refractivity (Wildman–Crippen MR) is 94.0 cm³/mol. The summed E-state index contributed by atoms with van der Waals surface area (Å²) in [6.45, 7) is 4.64. The Hall–Kier alpha value is -0.540. The molecule has 1 aromatic rings. The van der Waals surface area contributed by atoms with Crippen LogP contribution in [0.5, 0.6) is 0 Å². The standard InChI is InChI=1S/C18H27BrN2/c1-14(20-2)15-5-6-17(16(19)13-15)21-11-9-18(10-12-21)7-3-4-8-18/h5-6,13-14,20H,3-4,7-12H2,1-2H3. The number of benzene rings is 1. The molecule has 1 aliphatic heterocycles. The van der Waals surface area contributed by atoms with E-state index in [9.17, 15) is 0 Å². The molecule has 2 nitrogen and oxygen atoms in total. The minimum atomic E-state index is 0.401. The summed E-state index contributed by atoms with van der Waals surface area (Å²) in [5.41, 5.74) is 3.41. The fourth-order valence-electron chi connectivity index (χ4n) is 4.06. The highest BCUT2D eigenvalue weighted by molar-refractivity contribution is 9.10. The number of rotatable bonds is 3. The van der Waals surface area contributed by atoms with Crippen molar-refractivity contribution in [1.82, 2.24) is 5.32 Å². The minimum absolute atomic E-state index is 0.401. The van der Waals surface area contributed by atoms with Crippen molar-refractivity contribution in [3.8, 4) is 0 Å². The van der Waals surface area contributed by atoms with Crippen LogP contribution in [0.4, 0.5) is 5.69 Å². The molecule has 1 aromatic carbocycles. The van der Waals surface area contributed by atoms with E-state index in [-0.39, 0.29) is 0 Å². The van der Waals surface area contributed by atoms with E-state index >= 15 is 0 Å². The Kier molecular flexibility index (Phi) is 4.60. The Labute approximate surface area is 137 Å². The molecule has 2 aliphatic rings. The summed E-state index contributed by atoms with van der Waals surface area (Å²) in [4.78, 5) is 2.57. The Morgan fingerprint density at radius 3 is 2.38 bits per heavy atom. The zero-order valence-electron chi connectivity index (χ0n) is 13.3. The molecule has 1 N–H and O–H groups in total. The monoisotopic (exact) mass is 350 g/mol. The van der Waals surface area contributed by atoms with Crippen LogP contribution in [0.1, 0.15) is 57.1 Å². The van der Waals surface area contributed by atoms with Crippen LogP contribution < -0.4 is 10.2 Å². The molecule has 0 bridgehead atoms. The maximum atomic E-state index is 3.79. The van der Waals surface area contributed by atoms with Crippen molar-refractivity contribution in [2.45, 2.75) is 51.5 Å². The van der Waals surface area contributed by atoms with Crippen LogP contribution in [-0.2, 0) is 0 Å². The summed E-state index contributed by atoms with van der Waals surface area (Å²) in [7, 11) is 2.01. The first kappa shape index (κ1) is 15.4. The molecule has 1 heterocycles. The van der Waals surface area contributed by atoms with E-state index in [0.29, 0.717) is 11.5 Å². The number of piperidine rings is 1. The van der Waals surface area contributed by atoms with Crippen molar-refractivity contribution in [2.75, 3.05) is 25.0 Å². The average Bonchev–Trinajstić information content (AvgIpc) is 2.96. The van der Waals surface area contributed by atoms with Crippen molar-refractivity contribution in [2.24, 2.45) is 5.41 Å². The average molecular weight is 351 g/mol. The van der Waals surface area contributed by atoms with Gasteiger partial charge in [0.15, 0.2) is 0 Å². The lowest BCUT2D eigenvalue weighted by molar-refractivity contribution is 0.226.